The number of rotatable bonds is 3. The van der Waals surface area contributed by atoms with Gasteiger partial charge in [-0.2, -0.15) is 0 Å². The smallest absolute Gasteiger partial charge is 0.163 e. The molecule has 162 valence electrons. The Labute approximate surface area is 174 Å². The molecule has 0 N–H and O–H groups in total. The number of ketones is 1. The number of ether oxygens (including phenoxy) is 4. The third-order valence-corrected chi connectivity index (χ3v) is 8.14. The van der Waals surface area contributed by atoms with E-state index < -0.39 is 5.79 Å². The van der Waals surface area contributed by atoms with Gasteiger partial charge in [0.25, 0.3) is 0 Å². The second-order valence-corrected chi connectivity index (χ2v) is 10.7. The number of hydrogen-bond acceptors (Lipinski definition) is 5. The van der Waals surface area contributed by atoms with Crippen molar-refractivity contribution in [1.29, 1.82) is 0 Å². The van der Waals surface area contributed by atoms with Gasteiger partial charge in [-0.05, 0) is 62.0 Å². The summed E-state index contributed by atoms with van der Waals surface area (Å²) in [6.07, 6.45) is 6.26. The van der Waals surface area contributed by atoms with E-state index in [0.29, 0.717) is 0 Å². The molecule has 0 radical (unpaired) electrons. The highest BCUT2D eigenvalue weighted by atomic mass is 16.8. The first-order chi connectivity index (χ1) is 13.5. The van der Waals surface area contributed by atoms with Crippen LogP contribution in [0.5, 0.6) is 0 Å². The lowest BCUT2D eigenvalue weighted by Crippen LogP contribution is -2.59. The molecule has 0 amide bonds. The molecular weight excluding hydrogens is 368 g/mol. The van der Waals surface area contributed by atoms with E-state index >= 15 is 0 Å². The fourth-order valence-electron chi connectivity index (χ4n) is 6.48. The lowest BCUT2D eigenvalue weighted by atomic mass is 9.50. The van der Waals surface area contributed by atoms with Crippen LogP contribution >= 0.6 is 0 Å². The van der Waals surface area contributed by atoms with Gasteiger partial charge in [0.05, 0.1) is 24.2 Å². The maximum Gasteiger partial charge on any atom is 0.163 e. The van der Waals surface area contributed by atoms with Gasteiger partial charge in [0.15, 0.2) is 11.6 Å². The molecular formula is C24H36O5. The fourth-order valence-corrected chi connectivity index (χ4v) is 6.48. The molecule has 1 heterocycles. The van der Waals surface area contributed by atoms with Crippen LogP contribution in [0.4, 0.5) is 0 Å². The molecule has 1 saturated heterocycles. The minimum absolute atomic E-state index is 0.00524. The van der Waals surface area contributed by atoms with E-state index in [2.05, 4.69) is 33.4 Å². The Balaban J connectivity index is 1.79. The Morgan fingerprint density at radius 1 is 1.21 bits per heavy atom. The molecule has 4 aliphatic rings. The number of allylic oxidation sites excluding steroid dienone is 2. The average molecular weight is 405 g/mol. The van der Waals surface area contributed by atoms with Crippen LogP contribution in [0.2, 0.25) is 0 Å². The molecule has 1 aliphatic heterocycles. The van der Waals surface area contributed by atoms with Gasteiger partial charge >= 0.3 is 0 Å². The van der Waals surface area contributed by atoms with Crippen LogP contribution in [0.25, 0.3) is 0 Å². The number of fused-ring (bicyclic) bond motifs is 6. The largest absolute Gasteiger partial charge is 0.359 e. The zero-order valence-electron chi connectivity index (χ0n) is 18.7. The van der Waals surface area contributed by atoms with Crippen molar-refractivity contribution in [2.45, 2.75) is 78.0 Å². The minimum atomic E-state index is -0.703. The van der Waals surface area contributed by atoms with E-state index in [1.165, 1.54) is 0 Å². The third-order valence-electron chi connectivity index (χ3n) is 8.14. The summed E-state index contributed by atoms with van der Waals surface area (Å²) >= 11 is 0. The van der Waals surface area contributed by atoms with Crippen molar-refractivity contribution in [3.8, 4) is 0 Å². The molecule has 2 bridgehead atoms. The van der Waals surface area contributed by atoms with E-state index in [1.807, 2.05) is 13.8 Å². The summed E-state index contributed by atoms with van der Waals surface area (Å²) < 4.78 is 24.1. The Hall–Kier alpha value is -1.01. The van der Waals surface area contributed by atoms with Crippen LogP contribution in [0, 0.1) is 28.6 Å². The minimum Gasteiger partial charge on any atom is -0.359 e. The van der Waals surface area contributed by atoms with Crippen molar-refractivity contribution >= 4 is 5.78 Å². The molecule has 3 fully saturated rings. The zero-order chi connectivity index (χ0) is 21.2. The van der Waals surface area contributed by atoms with Gasteiger partial charge in [-0.15, -0.1) is 0 Å². The van der Waals surface area contributed by atoms with Crippen molar-refractivity contribution < 1.29 is 23.7 Å². The monoisotopic (exact) mass is 404 g/mol. The van der Waals surface area contributed by atoms with E-state index in [4.69, 9.17) is 18.9 Å². The van der Waals surface area contributed by atoms with Crippen molar-refractivity contribution in [3.63, 3.8) is 0 Å². The average Bonchev–Trinajstić information content (AvgIpc) is 2.94. The highest BCUT2D eigenvalue weighted by molar-refractivity contribution is 5.94. The van der Waals surface area contributed by atoms with E-state index in [-0.39, 0.29) is 59.5 Å². The molecule has 5 nitrogen and oxygen atoms in total. The molecule has 0 aromatic carbocycles. The number of methoxy groups -OCH3 is 1. The first-order valence-electron chi connectivity index (χ1n) is 10.9. The van der Waals surface area contributed by atoms with Crippen LogP contribution in [0.1, 0.15) is 53.9 Å². The summed E-state index contributed by atoms with van der Waals surface area (Å²) in [5.41, 5.74) is 0.767. The second-order valence-electron chi connectivity index (χ2n) is 10.7. The van der Waals surface area contributed by atoms with E-state index in [1.54, 1.807) is 13.2 Å². The van der Waals surface area contributed by atoms with Crippen molar-refractivity contribution in [2.75, 3.05) is 13.9 Å². The van der Waals surface area contributed by atoms with Crippen LogP contribution in [0.15, 0.2) is 24.3 Å². The molecule has 0 aromatic rings. The molecule has 5 heteroatoms. The molecule has 0 unspecified atom stereocenters. The fraction of sp³-hybridized carbons (Fsp3) is 0.792. The molecule has 0 spiro atoms. The molecule has 4 rings (SSSR count). The molecule has 3 aliphatic carbocycles. The van der Waals surface area contributed by atoms with Gasteiger partial charge in [0.2, 0.25) is 0 Å². The number of carbonyl (C=O) groups excluding carboxylic acids is 1. The maximum atomic E-state index is 13.1. The summed E-state index contributed by atoms with van der Waals surface area (Å²) in [4.78, 5) is 13.1. The number of carbonyl (C=O) groups is 1. The second kappa shape index (κ2) is 7.01. The topological polar surface area (TPSA) is 54.0 Å². The Bertz CT molecular complexity index is 723. The molecule has 2 saturated carbocycles. The maximum absolute atomic E-state index is 13.1. The van der Waals surface area contributed by atoms with E-state index in [9.17, 15) is 4.79 Å². The van der Waals surface area contributed by atoms with Gasteiger partial charge in [-0.3, -0.25) is 4.79 Å². The number of hydrogen-bond donors (Lipinski definition) is 0. The summed E-state index contributed by atoms with van der Waals surface area (Å²) in [6, 6.07) is 0. The molecule has 7 atom stereocenters. The van der Waals surface area contributed by atoms with Crippen LogP contribution in [-0.2, 0) is 23.7 Å². The van der Waals surface area contributed by atoms with Gasteiger partial charge in [-0.1, -0.05) is 33.4 Å². The normalized spacial score (nSPS) is 45.3. The van der Waals surface area contributed by atoms with Crippen LogP contribution < -0.4 is 0 Å². The quantitative estimate of drug-likeness (QED) is 0.519. The lowest BCUT2D eigenvalue weighted by Gasteiger charge is -2.56. The standard InChI is InChI=1S/C24H36O5/c1-14-16-12-15-8-9-17(25)19(22(15,2)3)20-21(29-23(4,5)28-20)24(16,6)11-10-18(14)27-13-26-7/h8-9,15-16,18-21H,1,10-13H2,2-7H3/t15-,16+,18-,19+,20+,21-,24+/m0/s1. The van der Waals surface area contributed by atoms with Crippen LogP contribution in [0.3, 0.4) is 0 Å². The first kappa shape index (κ1) is 21.2. The third kappa shape index (κ3) is 3.25. The predicted molar refractivity (Wildman–Crippen MR) is 110 cm³/mol. The van der Waals surface area contributed by atoms with Gasteiger partial charge in [0, 0.05) is 12.5 Å². The molecule has 29 heavy (non-hydrogen) atoms. The van der Waals surface area contributed by atoms with Crippen molar-refractivity contribution in [2.24, 2.45) is 28.6 Å². The summed E-state index contributed by atoms with van der Waals surface area (Å²) in [5, 5.41) is 0. The summed E-state index contributed by atoms with van der Waals surface area (Å²) in [6.45, 7) is 15.4. The lowest BCUT2D eigenvalue weighted by molar-refractivity contribution is -0.166. The molecule has 0 aromatic heterocycles. The SMILES string of the molecule is C=C1[C@@H](OCOC)CC[C@]2(C)[C@@H]1C[C@@H]1C=CC(=O)[C@H]([C@H]3OC(C)(C)O[C@@H]32)C1(C)C. The van der Waals surface area contributed by atoms with Crippen molar-refractivity contribution in [1.82, 2.24) is 0 Å². The Kier molecular flexibility index (Phi) is 5.13. The van der Waals surface area contributed by atoms with Crippen molar-refractivity contribution in [3.05, 3.63) is 24.3 Å². The zero-order valence-corrected chi connectivity index (χ0v) is 18.7. The van der Waals surface area contributed by atoms with Gasteiger partial charge in [-0.25, -0.2) is 0 Å². The highest BCUT2D eigenvalue weighted by Gasteiger charge is 2.63. The first-order valence-corrected chi connectivity index (χ1v) is 10.9. The Morgan fingerprint density at radius 2 is 1.93 bits per heavy atom. The van der Waals surface area contributed by atoms with Gasteiger partial charge < -0.3 is 18.9 Å². The summed E-state index contributed by atoms with van der Waals surface area (Å²) in [7, 11) is 1.65. The van der Waals surface area contributed by atoms with Gasteiger partial charge in [0.1, 0.15) is 6.79 Å². The van der Waals surface area contributed by atoms with Crippen LogP contribution in [-0.4, -0.2) is 43.8 Å². The highest BCUT2D eigenvalue weighted by Crippen LogP contribution is 2.61. The van der Waals surface area contributed by atoms with E-state index in [0.717, 1.165) is 24.8 Å². The summed E-state index contributed by atoms with van der Waals surface area (Å²) in [5.74, 6) is -0.226. The predicted octanol–water partition coefficient (Wildman–Crippen LogP) is 4.27. The Morgan fingerprint density at radius 3 is 2.62 bits per heavy atom.